The van der Waals surface area contributed by atoms with Gasteiger partial charge >= 0.3 is 0 Å². The summed E-state index contributed by atoms with van der Waals surface area (Å²) < 4.78 is 0. The van der Waals surface area contributed by atoms with Gasteiger partial charge in [-0.05, 0) is 13.8 Å². The molecule has 6 heteroatoms. The summed E-state index contributed by atoms with van der Waals surface area (Å²) in [4.78, 5) is 22.9. The van der Waals surface area contributed by atoms with Crippen LogP contribution < -0.4 is 0 Å². The Balaban J connectivity index is 2.84. The van der Waals surface area contributed by atoms with Gasteiger partial charge in [-0.15, -0.1) is 0 Å². The fraction of sp³-hybridized carbons (Fsp3) is 0.833. The number of ketones is 2. The third kappa shape index (κ3) is 1.89. The van der Waals surface area contributed by atoms with E-state index in [0.717, 1.165) is 0 Å². The summed E-state index contributed by atoms with van der Waals surface area (Å²) in [5.41, 5.74) is -3.29. The minimum absolute atomic E-state index is 0.528. The Morgan fingerprint density at radius 1 is 1.17 bits per heavy atom. The highest BCUT2D eigenvalue weighted by atomic mass is 16.4. The normalized spacial score (nSPS) is 31.1. The van der Waals surface area contributed by atoms with Crippen molar-refractivity contribution in [3.63, 3.8) is 0 Å². The summed E-state index contributed by atoms with van der Waals surface area (Å²) in [6.45, 7) is 5.90. The predicted octanol–water partition coefficient (Wildman–Crippen LogP) is -1.37. The molecule has 1 saturated carbocycles. The molecule has 1 aliphatic rings. The third-order valence-electron chi connectivity index (χ3n) is 3.74. The molecule has 0 aromatic rings. The summed E-state index contributed by atoms with van der Waals surface area (Å²) >= 11 is 0. The lowest BCUT2D eigenvalue weighted by atomic mass is 9.91. The summed E-state index contributed by atoms with van der Waals surface area (Å²) in [6.07, 6.45) is -5.61. The molecule has 0 radical (unpaired) electrons. The number of aliphatic hydroxyl groups is 4. The highest BCUT2D eigenvalue weighted by Crippen LogP contribution is 2.54. The van der Waals surface area contributed by atoms with Crippen LogP contribution in [0.15, 0.2) is 0 Å². The maximum atomic E-state index is 11.5. The highest BCUT2D eigenvalue weighted by molar-refractivity contribution is 6.11. The number of rotatable bonds is 5. The van der Waals surface area contributed by atoms with Crippen molar-refractivity contribution in [3.05, 3.63) is 0 Å². The second kappa shape index (κ2) is 4.38. The van der Waals surface area contributed by atoms with Crippen LogP contribution in [0, 0.1) is 11.3 Å². The Hall–Kier alpha value is -0.820. The molecule has 6 nitrogen and oxygen atoms in total. The van der Waals surface area contributed by atoms with E-state index in [1.807, 2.05) is 0 Å². The fourth-order valence-electron chi connectivity index (χ4n) is 2.06. The quantitative estimate of drug-likeness (QED) is 0.485. The Morgan fingerprint density at radius 2 is 1.56 bits per heavy atom. The van der Waals surface area contributed by atoms with Crippen LogP contribution in [-0.2, 0) is 9.59 Å². The Morgan fingerprint density at radius 3 is 1.83 bits per heavy atom. The van der Waals surface area contributed by atoms with Gasteiger partial charge in [-0.3, -0.25) is 9.59 Å². The van der Waals surface area contributed by atoms with Crippen LogP contribution in [0.4, 0.5) is 0 Å². The van der Waals surface area contributed by atoms with Gasteiger partial charge in [0, 0.05) is 5.92 Å². The average molecular weight is 260 g/mol. The van der Waals surface area contributed by atoms with E-state index in [4.69, 9.17) is 0 Å². The minimum atomic E-state index is -2.11. The molecule has 18 heavy (non-hydrogen) atoms. The molecule has 104 valence electrons. The van der Waals surface area contributed by atoms with E-state index in [1.54, 1.807) is 0 Å². The molecule has 0 spiro atoms. The van der Waals surface area contributed by atoms with Crippen molar-refractivity contribution in [1.82, 2.24) is 0 Å². The van der Waals surface area contributed by atoms with Crippen molar-refractivity contribution in [2.75, 3.05) is 0 Å². The molecule has 1 aliphatic carbocycles. The van der Waals surface area contributed by atoms with E-state index >= 15 is 0 Å². The Bertz CT molecular complexity index is 375. The average Bonchev–Trinajstić information content (AvgIpc) is 2.70. The number of aliphatic hydroxyl groups excluding tert-OH is 3. The van der Waals surface area contributed by atoms with E-state index < -0.39 is 46.8 Å². The van der Waals surface area contributed by atoms with Gasteiger partial charge in [-0.2, -0.15) is 0 Å². The maximum absolute atomic E-state index is 11.5. The van der Waals surface area contributed by atoms with Crippen LogP contribution in [0.5, 0.6) is 0 Å². The van der Waals surface area contributed by atoms with Crippen LogP contribution in [-0.4, -0.2) is 55.9 Å². The first-order chi connectivity index (χ1) is 7.99. The molecule has 0 aromatic carbocycles. The first-order valence-electron chi connectivity index (χ1n) is 5.84. The molecule has 4 N–H and O–H groups in total. The molecule has 0 amide bonds. The Kier molecular flexibility index (Phi) is 3.71. The van der Waals surface area contributed by atoms with Gasteiger partial charge in [0.05, 0.1) is 5.41 Å². The summed E-state index contributed by atoms with van der Waals surface area (Å²) in [5, 5.41) is 39.0. The Labute approximate surface area is 105 Å². The molecule has 0 aromatic heterocycles. The lowest BCUT2D eigenvalue weighted by Crippen LogP contribution is -2.51. The first-order valence-corrected chi connectivity index (χ1v) is 5.84. The molecular formula is C12H20O6. The standard InChI is InChI=1S/C12H20O6/c1-5(2)6(13)7(14)8(15)9(16)12(18)10(17)11(12,3)4/h5,7-9,14-16,18H,1-4H3/t7-,8+,9+,12-/m1/s1. The van der Waals surface area contributed by atoms with E-state index in [0.29, 0.717) is 0 Å². The molecule has 0 heterocycles. The molecule has 0 unspecified atom stereocenters. The van der Waals surface area contributed by atoms with Crippen molar-refractivity contribution < 1.29 is 30.0 Å². The van der Waals surface area contributed by atoms with Crippen molar-refractivity contribution in [1.29, 1.82) is 0 Å². The minimum Gasteiger partial charge on any atom is -0.387 e. The monoisotopic (exact) mass is 260 g/mol. The SMILES string of the molecule is CC(C)C(=O)[C@@H](O)[C@H](O)[C@H](O)[C@@]1(O)C(=O)C1(C)C. The van der Waals surface area contributed by atoms with Crippen LogP contribution in [0.25, 0.3) is 0 Å². The largest absolute Gasteiger partial charge is 0.387 e. The van der Waals surface area contributed by atoms with Crippen molar-refractivity contribution in [2.45, 2.75) is 51.6 Å². The zero-order chi connectivity index (χ0) is 14.5. The molecule has 0 bridgehead atoms. The number of hydrogen-bond acceptors (Lipinski definition) is 6. The number of Topliss-reactive ketones (excluding diaryl/α,β-unsaturated/α-hetero) is 2. The van der Waals surface area contributed by atoms with E-state index in [-0.39, 0.29) is 0 Å². The second-order valence-electron chi connectivity index (χ2n) is 5.66. The van der Waals surface area contributed by atoms with Gasteiger partial charge in [0.1, 0.15) is 18.3 Å². The molecular weight excluding hydrogens is 240 g/mol. The van der Waals surface area contributed by atoms with Crippen LogP contribution in [0.3, 0.4) is 0 Å². The lowest BCUT2D eigenvalue weighted by Gasteiger charge is -2.27. The third-order valence-corrected chi connectivity index (χ3v) is 3.74. The smallest absolute Gasteiger partial charge is 0.177 e. The van der Waals surface area contributed by atoms with Gasteiger partial charge in [-0.25, -0.2) is 0 Å². The van der Waals surface area contributed by atoms with E-state index in [2.05, 4.69) is 0 Å². The van der Waals surface area contributed by atoms with Gasteiger partial charge < -0.3 is 20.4 Å². The zero-order valence-corrected chi connectivity index (χ0v) is 10.9. The number of carbonyl (C=O) groups is 2. The highest BCUT2D eigenvalue weighted by Gasteiger charge is 2.76. The molecule has 0 saturated heterocycles. The molecule has 4 atom stereocenters. The van der Waals surface area contributed by atoms with Gasteiger partial charge in [0.25, 0.3) is 0 Å². The van der Waals surface area contributed by atoms with Crippen LogP contribution in [0.2, 0.25) is 0 Å². The molecule has 1 rings (SSSR count). The van der Waals surface area contributed by atoms with Gasteiger partial charge in [-0.1, -0.05) is 13.8 Å². The summed E-state index contributed by atoms with van der Waals surface area (Å²) in [6, 6.07) is 0. The van der Waals surface area contributed by atoms with Crippen molar-refractivity contribution in [3.8, 4) is 0 Å². The van der Waals surface area contributed by atoms with Crippen molar-refractivity contribution in [2.24, 2.45) is 11.3 Å². The summed E-state index contributed by atoms with van der Waals surface area (Å²) in [7, 11) is 0. The van der Waals surface area contributed by atoms with Gasteiger partial charge in [0.2, 0.25) is 0 Å². The first kappa shape index (κ1) is 15.2. The number of hydrogen-bond donors (Lipinski definition) is 4. The lowest BCUT2D eigenvalue weighted by molar-refractivity contribution is -0.155. The van der Waals surface area contributed by atoms with E-state index in [9.17, 15) is 30.0 Å². The maximum Gasteiger partial charge on any atom is 0.177 e. The van der Waals surface area contributed by atoms with Crippen LogP contribution >= 0.6 is 0 Å². The number of carbonyl (C=O) groups excluding carboxylic acids is 2. The zero-order valence-electron chi connectivity index (χ0n) is 10.9. The predicted molar refractivity (Wildman–Crippen MR) is 61.6 cm³/mol. The van der Waals surface area contributed by atoms with E-state index in [1.165, 1.54) is 27.7 Å². The van der Waals surface area contributed by atoms with Gasteiger partial charge in [0.15, 0.2) is 17.2 Å². The molecule has 0 aliphatic heterocycles. The van der Waals surface area contributed by atoms with Crippen molar-refractivity contribution >= 4 is 11.6 Å². The van der Waals surface area contributed by atoms with Crippen LogP contribution in [0.1, 0.15) is 27.7 Å². The summed E-state index contributed by atoms with van der Waals surface area (Å²) in [5.74, 6) is -1.80. The topological polar surface area (TPSA) is 115 Å². The molecule has 1 fully saturated rings. The fourth-order valence-corrected chi connectivity index (χ4v) is 2.06. The second-order valence-corrected chi connectivity index (χ2v) is 5.66.